The van der Waals surface area contributed by atoms with E-state index < -0.39 is 0 Å². The average molecular weight is 597 g/mol. The fourth-order valence-electron chi connectivity index (χ4n) is 2.93. The first-order chi connectivity index (χ1) is 14.5. The normalized spacial score (nSPS) is 10.5. The molecular formula is C23H17Br2ClN2OS2. The third kappa shape index (κ3) is 5.59. The molecule has 0 spiro atoms. The molecule has 0 saturated heterocycles. The van der Waals surface area contributed by atoms with Gasteiger partial charge >= 0.3 is 0 Å². The van der Waals surface area contributed by atoms with E-state index in [4.69, 9.17) is 17.3 Å². The largest absolute Gasteiger partial charge is 1.00 e. The molecule has 0 bridgehead atoms. The number of anilines is 1. The molecular weight excluding hydrogens is 580 g/mol. The van der Waals surface area contributed by atoms with Crippen molar-refractivity contribution in [1.29, 1.82) is 0 Å². The van der Waals surface area contributed by atoms with E-state index in [1.54, 1.807) is 36.0 Å². The lowest BCUT2D eigenvalue weighted by atomic mass is 10.1. The van der Waals surface area contributed by atoms with Crippen molar-refractivity contribution in [1.82, 2.24) is 0 Å². The van der Waals surface area contributed by atoms with Crippen LogP contribution in [-0.4, -0.2) is 5.78 Å². The van der Waals surface area contributed by atoms with Gasteiger partial charge in [-0.05, 0) is 42.0 Å². The van der Waals surface area contributed by atoms with Crippen molar-refractivity contribution >= 4 is 62.1 Å². The number of hydrogen-bond acceptors (Lipinski definition) is 4. The summed E-state index contributed by atoms with van der Waals surface area (Å²) in [5.41, 5.74) is 9.63. The predicted molar refractivity (Wildman–Crippen MR) is 129 cm³/mol. The molecule has 0 aliphatic carbocycles. The standard InChI is InChI=1S/C23H16BrClN2OS2.BrH/c24-17-8-4-15(5-9-17)14-29-23-20(27-12-2-1-3-13-27)19(26)22(30-23)21(28)16-6-10-18(25)11-7-16;/h1-13H,14H2,(H-,26,28);1H. The molecule has 0 aliphatic heterocycles. The van der Waals surface area contributed by atoms with Crippen LogP contribution < -0.4 is 27.3 Å². The average Bonchev–Trinajstić information content (AvgIpc) is 3.10. The molecule has 2 aromatic carbocycles. The molecule has 0 amide bonds. The molecule has 31 heavy (non-hydrogen) atoms. The predicted octanol–water partition coefficient (Wildman–Crippen LogP) is 3.55. The molecule has 0 aliphatic rings. The van der Waals surface area contributed by atoms with Crippen molar-refractivity contribution in [3.05, 3.63) is 105 Å². The van der Waals surface area contributed by atoms with E-state index in [0.717, 1.165) is 20.1 Å². The maximum absolute atomic E-state index is 13.2. The molecule has 0 fully saturated rings. The van der Waals surface area contributed by atoms with Gasteiger partial charge in [0.05, 0.1) is 0 Å². The summed E-state index contributed by atoms with van der Waals surface area (Å²) in [5.74, 6) is 0.685. The summed E-state index contributed by atoms with van der Waals surface area (Å²) in [6, 6.07) is 21.0. The summed E-state index contributed by atoms with van der Waals surface area (Å²) < 4.78 is 4.02. The molecule has 158 valence electrons. The number of halogens is 3. The number of nitrogens with two attached hydrogens (primary N) is 1. The fraction of sp³-hybridized carbons (Fsp3) is 0.0435. The number of pyridine rings is 1. The van der Waals surface area contributed by atoms with Crippen LogP contribution >= 0.6 is 50.6 Å². The van der Waals surface area contributed by atoms with Gasteiger partial charge in [0.25, 0.3) is 5.69 Å². The van der Waals surface area contributed by atoms with Crippen LogP contribution in [0.1, 0.15) is 20.8 Å². The van der Waals surface area contributed by atoms with Gasteiger partial charge < -0.3 is 22.7 Å². The van der Waals surface area contributed by atoms with Crippen LogP contribution in [0.15, 0.2) is 87.8 Å². The number of carbonyl (C=O) groups excluding carboxylic acids is 1. The molecule has 4 aromatic rings. The number of thiophene rings is 1. The van der Waals surface area contributed by atoms with Gasteiger partial charge in [-0.15, -0.1) is 23.1 Å². The highest BCUT2D eigenvalue weighted by molar-refractivity contribution is 9.10. The van der Waals surface area contributed by atoms with Crippen molar-refractivity contribution in [2.45, 2.75) is 9.96 Å². The number of hydrogen-bond donors (Lipinski definition) is 1. The van der Waals surface area contributed by atoms with Gasteiger partial charge in [0.2, 0.25) is 5.78 Å². The molecule has 4 rings (SSSR count). The van der Waals surface area contributed by atoms with E-state index in [2.05, 4.69) is 28.1 Å². The first kappa shape index (κ1) is 24.0. The second-order valence-electron chi connectivity index (χ2n) is 6.51. The lowest BCUT2D eigenvalue weighted by Crippen LogP contribution is -3.00. The number of benzene rings is 2. The first-order valence-corrected chi connectivity index (χ1v) is 12.1. The summed E-state index contributed by atoms with van der Waals surface area (Å²) in [7, 11) is 0. The third-order valence-corrected chi connectivity index (χ3v) is 7.76. The molecule has 0 saturated carbocycles. The SMILES string of the molecule is Nc1c(C(=O)c2ccc(Cl)cc2)sc(SCc2ccc(Br)cc2)c1-[n+]1ccccc1.[Br-]. The number of nitrogens with zero attached hydrogens (tertiary/aromatic N) is 1. The second-order valence-corrected chi connectivity index (χ2v) is 10.1. The van der Waals surface area contributed by atoms with Crippen molar-refractivity contribution in [2.75, 3.05) is 5.73 Å². The number of rotatable bonds is 6. The van der Waals surface area contributed by atoms with Gasteiger partial charge in [-0.1, -0.05) is 45.7 Å². The maximum atomic E-state index is 13.2. The number of carbonyl (C=O) groups is 1. The molecule has 3 nitrogen and oxygen atoms in total. The quantitative estimate of drug-likeness (QED) is 0.211. The zero-order valence-corrected chi connectivity index (χ0v) is 21.7. The molecule has 0 atom stereocenters. The van der Waals surface area contributed by atoms with Crippen molar-refractivity contribution < 1.29 is 26.3 Å². The molecule has 0 radical (unpaired) electrons. The molecule has 0 unspecified atom stereocenters. The van der Waals surface area contributed by atoms with E-state index in [1.807, 2.05) is 47.3 Å². The smallest absolute Gasteiger partial charge is 0.259 e. The van der Waals surface area contributed by atoms with E-state index in [1.165, 1.54) is 16.9 Å². The Morgan fingerprint density at radius 1 is 1.03 bits per heavy atom. The van der Waals surface area contributed by atoms with E-state index in [9.17, 15) is 4.79 Å². The third-order valence-electron chi connectivity index (χ3n) is 4.46. The fourth-order valence-corrected chi connectivity index (χ4v) is 5.74. The Kier molecular flexibility index (Phi) is 8.36. The lowest BCUT2D eigenvalue weighted by molar-refractivity contribution is -0.596. The molecule has 2 N–H and O–H groups in total. The zero-order valence-electron chi connectivity index (χ0n) is 16.1. The highest BCUT2D eigenvalue weighted by Gasteiger charge is 2.28. The number of ketones is 1. The van der Waals surface area contributed by atoms with E-state index in [-0.39, 0.29) is 22.8 Å². The highest BCUT2D eigenvalue weighted by atomic mass is 79.9. The first-order valence-electron chi connectivity index (χ1n) is 9.09. The van der Waals surface area contributed by atoms with Crippen molar-refractivity contribution in [3.63, 3.8) is 0 Å². The number of thioether (sulfide) groups is 1. The Morgan fingerprint density at radius 2 is 1.68 bits per heavy atom. The summed E-state index contributed by atoms with van der Waals surface area (Å²) in [5, 5.41) is 0.594. The van der Waals surface area contributed by atoms with Crippen LogP contribution in [0.4, 0.5) is 5.69 Å². The Labute approximate surface area is 213 Å². The Bertz CT molecular complexity index is 1180. The van der Waals surface area contributed by atoms with Gasteiger partial charge in [0.1, 0.15) is 14.8 Å². The molecule has 2 heterocycles. The Morgan fingerprint density at radius 3 is 2.32 bits per heavy atom. The number of nitrogen functional groups attached to an aromatic ring is 1. The van der Waals surface area contributed by atoms with Crippen LogP contribution in [0.3, 0.4) is 0 Å². The highest BCUT2D eigenvalue weighted by Crippen LogP contribution is 2.41. The van der Waals surface area contributed by atoms with Gasteiger partial charge in [-0.3, -0.25) is 4.79 Å². The Hall–Kier alpha value is -1.64. The van der Waals surface area contributed by atoms with Gasteiger partial charge in [-0.2, -0.15) is 4.57 Å². The molecule has 2 aromatic heterocycles. The maximum Gasteiger partial charge on any atom is 0.259 e. The monoisotopic (exact) mass is 594 g/mol. The van der Waals surface area contributed by atoms with E-state index in [0.29, 0.717) is 21.2 Å². The van der Waals surface area contributed by atoms with Gasteiger partial charge in [-0.25, -0.2) is 0 Å². The van der Waals surface area contributed by atoms with Crippen LogP contribution in [0.25, 0.3) is 5.69 Å². The minimum absolute atomic E-state index is 0. The minimum Gasteiger partial charge on any atom is -1.00 e. The van der Waals surface area contributed by atoms with Crippen molar-refractivity contribution in [2.24, 2.45) is 0 Å². The van der Waals surface area contributed by atoms with Crippen LogP contribution in [0.2, 0.25) is 5.02 Å². The van der Waals surface area contributed by atoms with Gasteiger partial charge in [0.15, 0.2) is 12.4 Å². The van der Waals surface area contributed by atoms with Crippen molar-refractivity contribution in [3.8, 4) is 5.69 Å². The Balaban J connectivity index is 0.00000272. The summed E-state index contributed by atoms with van der Waals surface area (Å²) >= 11 is 12.6. The minimum atomic E-state index is -0.0950. The summed E-state index contributed by atoms with van der Waals surface area (Å²) in [6.07, 6.45) is 3.89. The van der Waals surface area contributed by atoms with Gasteiger partial charge in [0, 0.05) is 32.9 Å². The number of aromatic nitrogens is 1. The zero-order chi connectivity index (χ0) is 21.1. The summed E-state index contributed by atoms with van der Waals surface area (Å²) in [6.45, 7) is 0. The van der Waals surface area contributed by atoms with Crippen LogP contribution in [-0.2, 0) is 5.75 Å². The molecule has 8 heteroatoms. The van der Waals surface area contributed by atoms with Crippen LogP contribution in [0, 0.1) is 0 Å². The van der Waals surface area contributed by atoms with E-state index >= 15 is 0 Å². The summed E-state index contributed by atoms with van der Waals surface area (Å²) in [4.78, 5) is 13.7. The second kappa shape index (κ2) is 10.8. The lowest BCUT2D eigenvalue weighted by Gasteiger charge is -2.02. The van der Waals surface area contributed by atoms with Crippen LogP contribution in [0.5, 0.6) is 0 Å². The topological polar surface area (TPSA) is 47.0 Å².